The highest BCUT2D eigenvalue weighted by atomic mass is 16.5. The Bertz CT molecular complexity index is 1480. The molecule has 2 saturated heterocycles. The molecular formula is C29H27B2NO8. The number of rotatable bonds is 6. The van der Waals surface area contributed by atoms with Gasteiger partial charge in [0.2, 0.25) is 11.8 Å². The summed E-state index contributed by atoms with van der Waals surface area (Å²) in [6.07, 6.45) is -0.235. The third-order valence-electron chi connectivity index (χ3n) is 8.08. The van der Waals surface area contributed by atoms with Crippen LogP contribution in [0.3, 0.4) is 0 Å². The number of carbonyl (C=O) groups is 2. The Morgan fingerprint density at radius 1 is 0.950 bits per heavy atom. The number of nitrogens with zero attached hydrogens (tertiary/aromatic N) is 1. The van der Waals surface area contributed by atoms with Gasteiger partial charge in [0, 0.05) is 5.56 Å². The minimum atomic E-state index is -1.75. The van der Waals surface area contributed by atoms with Crippen molar-refractivity contribution in [3.8, 4) is 11.5 Å². The second kappa shape index (κ2) is 10.6. The Labute approximate surface area is 231 Å². The first kappa shape index (κ1) is 26.3. The van der Waals surface area contributed by atoms with Gasteiger partial charge in [0.05, 0.1) is 23.6 Å². The molecule has 3 aliphatic rings. The van der Waals surface area contributed by atoms with Crippen LogP contribution in [0.25, 0.3) is 0 Å². The highest BCUT2D eigenvalue weighted by Crippen LogP contribution is 2.52. The van der Waals surface area contributed by atoms with Crippen LogP contribution in [0.15, 0.2) is 89.9 Å². The Morgan fingerprint density at radius 2 is 1.70 bits per heavy atom. The monoisotopic (exact) mass is 539 g/mol. The molecule has 2 aliphatic heterocycles. The van der Waals surface area contributed by atoms with Crippen LogP contribution in [0.5, 0.6) is 11.5 Å². The first-order valence-electron chi connectivity index (χ1n) is 13.2. The van der Waals surface area contributed by atoms with Crippen LogP contribution in [0, 0.1) is 17.8 Å². The van der Waals surface area contributed by atoms with Crippen LogP contribution < -0.4 is 15.1 Å². The average molecular weight is 539 g/mol. The first-order valence-corrected chi connectivity index (χ1v) is 13.2. The standard InChI is InChI=1S/C29H27B2NO8/c33-24-12-5-4-11-21(24)25-15-22-26-23(28(34)32(29(26)35)19-8-6-7-18(14-19)30(36)37)13-17(27(22)31(38)40-25)16-39-20-9-2-1-3-10-20/h1-12,14,22-23,25-26,33,36-38H,13,15-16H2/t22-,23-,25-,26+/m0/s1. The van der Waals surface area contributed by atoms with E-state index in [4.69, 9.17) is 9.39 Å². The van der Waals surface area contributed by atoms with Gasteiger partial charge in [-0.05, 0) is 65.6 Å². The number of hydrogen-bond donors (Lipinski definition) is 4. The van der Waals surface area contributed by atoms with E-state index in [2.05, 4.69) is 0 Å². The summed E-state index contributed by atoms with van der Waals surface area (Å²) in [5, 5.41) is 41.0. The van der Waals surface area contributed by atoms with Crippen LogP contribution >= 0.6 is 0 Å². The quantitative estimate of drug-likeness (QED) is 0.275. The van der Waals surface area contributed by atoms with Gasteiger partial charge >= 0.3 is 14.2 Å². The van der Waals surface area contributed by atoms with Crippen molar-refractivity contribution in [3.63, 3.8) is 0 Å². The second-order valence-electron chi connectivity index (χ2n) is 10.4. The molecule has 4 atom stereocenters. The summed E-state index contributed by atoms with van der Waals surface area (Å²) < 4.78 is 12.0. The molecular weight excluding hydrogens is 512 g/mol. The summed E-state index contributed by atoms with van der Waals surface area (Å²) in [4.78, 5) is 28.8. The zero-order valence-electron chi connectivity index (χ0n) is 21.5. The molecule has 0 spiro atoms. The molecule has 2 fully saturated rings. The van der Waals surface area contributed by atoms with Gasteiger partial charge in [0.15, 0.2) is 0 Å². The molecule has 4 N–H and O–H groups in total. The first-order chi connectivity index (χ1) is 19.3. The molecule has 3 aromatic rings. The second-order valence-corrected chi connectivity index (χ2v) is 10.4. The predicted molar refractivity (Wildman–Crippen MR) is 147 cm³/mol. The molecule has 0 saturated carbocycles. The number of phenolic OH excluding ortho intramolecular Hbond substituents is 1. The normalized spacial score (nSPS) is 24.2. The summed E-state index contributed by atoms with van der Waals surface area (Å²) in [6.45, 7) is 0.106. The van der Waals surface area contributed by atoms with E-state index in [1.54, 1.807) is 30.3 Å². The third-order valence-corrected chi connectivity index (χ3v) is 8.08. The van der Waals surface area contributed by atoms with Crippen molar-refractivity contribution in [2.75, 3.05) is 11.5 Å². The van der Waals surface area contributed by atoms with Crippen LogP contribution in [0.1, 0.15) is 24.5 Å². The maximum absolute atomic E-state index is 13.9. The van der Waals surface area contributed by atoms with Crippen molar-refractivity contribution in [1.29, 1.82) is 0 Å². The van der Waals surface area contributed by atoms with E-state index in [1.165, 1.54) is 18.2 Å². The molecule has 0 radical (unpaired) electrons. The van der Waals surface area contributed by atoms with E-state index in [1.807, 2.05) is 30.3 Å². The van der Waals surface area contributed by atoms with Crippen molar-refractivity contribution < 1.29 is 39.2 Å². The number of para-hydroxylation sites is 2. The van der Waals surface area contributed by atoms with Crippen LogP contribution in [-0.4, -0.2) is 52.8 Å². The Hall–Kier alpha value is -3.89. The lowest BCUT2D eigenvalue weighted by molar-refractivity contribution is -0.123. The lowest BCUT2D eigenvalue weighted by atomic mass is 9.55. The number of allylic oxidation sites excluding steroid dienone is 1. The van der Waals surface area contributed by atoms with Gasteiger partial charge in [-0.15, -0.1) is 0 Å². The van der Waals surface area contributed by atoms with Crippen molar-refractivity contribution in [2.45, 2.75) is 18.9 Å². The van der Waals surface area contributed by atoms with Gasteiger partial charge in [0.1, 0.15) is 18.1 Å². The molecule has 0 unspecified atom stereocenters. The maximum atomic E-state index is 13.9. The maximum Gasteiger partial charge on any atom is 0.488 e. The number of anilines is 1. The van der Waals surface area contributed by atoms with Crippen LogP contribution in [-0.2, 0) is 14.2 Å². The van der Waals surface area contributed by atoms with Crippen molar-refractivity contribution in [2.24, 2.45) is 17.8 Å². The molecule has 202 valence electrons. The number of hydrogen-bond acceptors (Lipinski definition) is 8. The van der Waals surface area contributed by atoms with Crippen molar-refractivity contribution >= 4 is 37.2 Å². The fourth-order valence-corrected chi connectivity index (χ4v) is 6.27. The average Bonchev–Trinajstić information content (AvgIpc) is 3.21. The Kier molecular flexibility index (Phi) is 6.97. The SMILES string of the molecule is O=C1[C@H]2[C@H](CC(COc3ccccc3)=C3B(O)O[C@H](c4ccccc4O)C[C@H]32)C(=O)N1c1cccc(B(O)O)c1. The lowest BCUT2D eigenvalue weighted by Crippen LogP contribution is -2.45. The largest absolute Gasteiger partial charge is 0.508 e. The summed E-state index contributed by atoms with van der Waals surface area (Å²) in [6, 6.07) is 21.9. The fourth-order valence-electron chi connectivity index (χ4n) is 6.27. The van der Waals surface area contributed by atoms with Crippen molar-refractivity contribution in [1.82, 2.24) is 0 Å². The number of ether oxygens (including phenoxy) is 1. The van der Waals surface area contributed by atoms with Gasteiger partial charge in [-0.25, -0.2) is 0 Å². The van der Waals surface area contributed by atoms with E-state index in [0.717, 1.165) is 4.90 Å². The number of carbonyl (C=O) groups excluding carboxylic acids is 2. The molecule has 3 aromatic carbocycles. The molecule has 9 nitrogen and oxygen atoms in total. The zero-order chi connectivity index (χ0) is 28.0. The van der Waals surface area contributed by atoms with Crippen LogP contribution in [0.4, 0.5) is 5.69 Å². The number of imide groups is 1. The Balaban J connectivity index is 1.39. The van der Waals surface area contributed by atoms with Gasteiger partial charge in [-0.1, -0.05) is 48.5 Å². The molecule has 0 bridgehead atoms. The molecule has 1 aliphatic carbocycles. The summed E-state index contributed by atoms with van der Waals surface area (Å²) in [7, 11) is -3.11. The number of phenols is 1. The highest BCUT2D eigenvalue weighted by molar-refractivity contribution is 6.58. The Morgan fingerprint density at radius 3 is 2.45 bits per heavy atom. The lowest BCUT2D eigenvalue weighted by Gasteiger charge is -2.42. The van der Waals surface area contributed by atoms with Crippen molar-refractivity contribution in [3.05, 3.63) is 95.5 Å². The van der Waals surface area contributed by atoms with E-state index >= 15 is 0 Å². The number of aromatic hydroxyl groups is 1. The van der Waals surface area contributed by atoms with E-state index in [0.29, 0.717) is 22.4 Å². The molecule has 2 heterocycles. The summed E-state index contributed by atoms with van der Waals surface area (Å²) in [5.74, 6) is -2.18. The zero-order valence-corrected chi connectivity index (χ0v) is 21.5. The molecule has 2 amide bonds. The number of benzene rings is 3. The minimum absolute atomic E-state index is 0.0157. The minimum Gasteiger partial charge on any atom is -0.508 e. The predicted octanol–water partition coefficient (Wildman–Crippen LogP) is 1.75. The van der Waals surface area contributed by atoms with E-state index in [-0.39, 0.29) is 36.3 Å². The molecule has 0 aromatic heterocycles. The topological polar surface area (TPSA) is 137 Å². The molecule has 40 heavy (non-hydrogen) atoms. The smallest absolute Gasteiger partial charge is 0.488 e. The van der Waals surface area contributed by atoms with Gasteiger partial charge in [0.25, 0.3) is 0 Å². The van der Waals surface area contributed by atoms with Crippen LogP contribution in [0.2, 0.25) is 0 Å². The van der Waals surface area contributed by atoms with Gasteiger partial charge < -0.3 is 29.6 Å². The molecule has 11 heteroatoms. The van der Waals surface area contributed by atoms with Gasteiger partial charge in [-0.3, -0.25) is 14.5 Å². The number of amides is 2. The highest BCUT2D eigenvalue weighted by Gasteiger charge is 2.58. The molecule has 6 rings (SSSR count). The van der Waals surface area contributed by atoms with Gasteiger partial charge in [-0.2, -0.15) is 0 Å². The van der Waals surface area contributed by atoms with E-state index < -0.39 is 49.9 Å². The fraction of sp³-hybridized carbons (Fsp3) is 0.241. The summed E-state index contributed by atoms with van der Waals surface area (Å²) >= 11 is 0. The summed E-state index contributed by atoms with van der Waals surface area (Å²) in [5.41, 5.74) is 2.13. The van der Waals surface area contributed by atoms with E-state index in [9.17, 15) is 29.8 Å². The number of fused-ring (bicyclic) bond motifs is 3. The third kappa shape index (κ3) is 4.61.